The number of benzene rings is 2. The van der Waals surface area contributed by atoms with Gasteiger partial charge in [-0.3, -0.25) is 0 Å². The van der Waals surface area contributed by atoms with Gasteiger partial charge in [-0.1, -0.05) is 12.1 Å². The van der Waals surface area contributed by atoms with E-state index in [2.05, 4.69) is 46.4 Å². The normalized spacial score (nSPS) is 16.1. The Morgan fingerprint density at radius 2 is 1.73 bits per heavy atom. The van der Waals surface area contributed by atoms with Gasteiger partial charge in [-0.15, -0.1) is 5.10 Å². The maximum atomic E-state index is 14.2. The molecule has 1 fully saturated rings. The Hall–Kier alpha value is -3.00. The van der Waals surface area contributed by atoms with Crippen LogP contribution in [-0.4, -0.2) is 53.5 Å². The summed E-state index contributed by atoms with van der Waals surface area (Å²) in [6, 6.07) is 15.2. The number of tetrazole rings is 1. The summed E-state index contributed by atoms with van der Waals surface area (Å²) < 4.78 is 21.5. The monoisotopic (exact) mass is 411 g/mol. The highest BCUT2D eigenvalue weighted by Crippen LogP contribution is 2.23. The summed E-state index contributed by atoms with van der Waals surface area (Å²) >= 11 is 0. The van der Waals surface area contributed by atoms with E-state index >= 15 is 0 Å². The molecule has 0 unspecified atom stereocenters. The number of rotatable bonds is 6. The molecule has 2 heterocycles. The summed E-state index contributed by atoms with van der Waals surface area (Å²) in [5, 5.41) is 12.6. The van der Waals surface area contributed by atoms with Gasteiger partial charge in [-0.25, -0.2) is 9.07 Å². The van der Waals surface area contributed by atoms with Crippen LogP contribution in [0, 0.1) is 5.82 Å². The molecular weight excluding hydrogens is 383 g/mol. The van der Waals surface area contributed by atoms with Crippen LogP contribution >= 0.6 is 0 Å². The van der Waals surface area contributed by atoms with Gasteiger partial charge in [0.15, 0.2) is 6.04 Å². The lowest BCUT2D eigenvalue weighted by Crippen LogP contribution is -3.15. The second-order valence-corrected chi connectivity index (χ2v) is 7.88. The van der Waals surface area contributed by atoms with Crippen LogP contribution in [-0.2, 0) is 0 Å². The molecule has 0 amide bonds. The molecule has 0 bridgehead atoms. The largest absolute Gasteiger partial charge is 0.497 e. The van der Waals surface area contributed by atoms with Crippen molar-refractivity contribution in [2.24, 2.45) is 0 Å². The van der Waals surface area contributed by atoms with Crippen LogP contribution in [0.4, 0.5) is 10.1 Å². The van der Waals surface area contributed by atoms with Crippen LogP contribution < -0.4 is 14.5 Å². The first-order valence-electron chi connectivity index (χ1n) is 10.3. The Labute approximate surface area is 176 Å². The van der Waals surface area contributed by atoms with Crippen LogP contribution in [0.15, 0.2) is 48.5 Å². The van der Waals surface area contributed by atoms with E-state index in [0.717, 1.165) is 43.3 Å². The van der Waals surface area contributed by atoms with E-state index in [1.165, 1.54) is 11.0 Å². The molecule has 1 aliphatic heterocycles. The number of para-hydroxylation sites is 1. The molecule has 0 radical (unpaired) electrons. The molecule has 7 nitrogen and oxygen atoms in total. The van der Waals surface area contributed by atoms with Crippen LogP contribution in [0.1, 0.15) is 37.3 Å². The van der Waals surface area contributed by atoms with E-state index in [1.807, 2.05) is 28.9 Å². The number of nitrogens with zero attached hydrogens (tertiary/aromatic N) is 5. The maximum absolute atomic E-state index is 14.2. The molecule has 3 aromatic rings. The van der Waals surface area contributed by atoms with E-state index in [4.69, 9.17) is 4.74 Å². The van der Waals surface area contributed by atoms with Gasteiger partial charge in [0.1, 0.15) is 11.6 Å². The molecule has 30 heavy (non-hydrogen) atoms. The molecule has 1 saturated heterocycles. The number of anilines is 1. The predicted molar refractivity (Wildman–Crippen MR) is 112 cm³/mol. The molecule has 1 aliphatic rings. The SMILES string of the molecule is COc1ccc([C@@H](c2nnnn2C(C)C)[NH+]2CCN(c3ccccc3F)CC2)cc1. The lowest BCUT2D eigenvalue weighted by molar-refractivity contribution is -0.927. The van der Waals surface area contributed by atoms with Gasteiger partial charge >= 0.3 is 0 Å². The number of methoxy groups -OCH3 is 1. The molecule has 0 saturated carbocycles. The predicted octanol–water partition coefficient (Wildman–Crippen LogP) is 1.90. The van der Waals surface area contributed by atoms with Crippen molar-refractivity contribution in [3.63, 3.8) is 0 Å². The van der Waals surface area contributed by atoms with Gasteiger partial charge < -0.3 is 14.5 Å². The molecule has 0 spiro atoms. The molecular formula is C22H28FN6O+. The third-order valence-electron chi connectivity index (χ3n) is 5.72. The van der Waals surface area contributed by atoms with Crippen molar-refractivity contribution in [1.29, 1.82) is 0 Å². The Morgan fingerprint density at radius 3 is 2.37 bits per heavy atom. The lowest BCUT2D eigenvalue weighted by atomic mass is 10.0. The Bertz CT molecular complexity index is 966. The van der Waals surface area contributed by atoms with Gasteiger partial charge in [0, 0.05) is 5.56 Å². The summed E-state index contributed by atoms with van der Waals surface area (Å²) in [7, 11) is 1.67. The van der Waals surface area contributed by atoms with Crippen molar-refractivity contribution in [3.05, 3.63) is 65.7 Å². The number of halogens is 1. The average molecular weight is 412 g/mol. The first-order valence-corrected chi connectivity index (χ1v) is 10.3. The van der Waals surface area contributed by atoms with E-state index in [-0.39, 0.29) is 17.9 Å². The van der Waals surface area contributed by atoms with E-state index in [0.29, 0.717) is 5.69 Å². The fourth-order valence-electron chi connectivity index (χ4n) is 4.15. The van der Waals surface area contributed by atoms with Gasteiger partial charge in [0.2, 0.25) is 5.82 Å². The molecule has 2 aromatic carbocycles. The lowest BCUT2D eigenvalue weighted by Gasteiger charge is -2.37. The number of hydrogen-bond donors (Lipinski definition) is 1. The van der Waals surface area contributed by atoms with Crippen molar-refractivity contribution in [1.82, 2.24) is 20.2 Å². The molecule has 8 heteroatoms. The number of quaternary nitrogens is 1. The number of hydrogen-bond acceptors (Lipinski definition) is 5. The zero-order valence-electron chi connectivity index (χ0n) is 17.6. The average Bonchev–Trinajstić information content (AvgIpc) is 3.25. The minimum absolute atomic E-state index is 0.00363. The Morgan fingerprint density at radius 1 is 1.03 bits per heavy atom. The third-order valence-corrected chi connectivity index (χ3v) is 5.72. The molecule has 1 N–H and O–H groups in total. The highest BCUT2D eigenvalue weighted by Gasteiger charge is 2.35. The van der Waals surface area contributed by atoms with Crippen LogP contribution in [0.5, 0.6) is 5.75 Å². The molecule has 0 aliphatic carbocycles. The second kappa shape index (κ2) is 8.79. The maximum Gasteiger partial charge on any atom is 0.214 e. The number of aromatic nitrogens is 4. The number of piperazine rings is 1. The molecule has 1 aromatic heterocycles. The van der Waals surface area contributed by atoms with Gasteiger partial charge in [0.05, 0.1) is 45.0 Å². The van der Waals surface area contributed by atoms with Crippen molar-refractivity contribution >= 4 is 5.69 Å². The Kier molecular flexibility index (Phi) is 5.94. The van der Waals surface area contributed by atoms with Crippen LogP contribution in [0.3, 0.4) is 0 Å². The number of ether oxygens (including phenoxy) is 1. The van der Waals surface area contributed by atoms with Gasteiger partial charge in [-0.05, 0) is 60.7 Å². The first-order chi connectivity index (χ1) is 14.6. The van der Waals surface area contributed by atoms with Crippen LogP contribution in [0.25, 0.3) is 0 Å². The van der Waals surface area contributed by atoms with Crippen molar-refractivity contribution < 1.29 is 14.0 Å². The van der Waals surface area contributed by atoms with Gasteiger partial charge in [0.25, 0.3) is 0 Å². The first kappa shape index (κ1) is 20.3. The minimum Gasteiger partial charge on any atom is -0.497 e. The summed E-state index contributed by atoms with van der Waals surface area (Å²) in [6.07, 6.45) is 0. The highest BCUT2D eigenvalue weighted by molar-refractivity contribution is 5.47. The zero-order chi connectivity index (χ0) is 21.1. The number of nitrogens with one attached hydrogen (secondary N) is 1. The summed E-state index contributed by atoms with van der Waals surface area (Å²) in [6.45, 7) is 7.41. The minimum atomic E-state index is -0.170. The third kappa shape index (κ3) is 4.00. The summed E-state index contributed by atoms with van der Waals surface area (Å²) in [5.41, 5.74) is 1.81. The summed E-state index contributed by atoms with van der Waals surface area (Å²) in [5.74, 6) is 1.50. The molecule has 158 valence electrons. The smallest absolute Gasteiger partial charge is 0.214 e. The van der Waals surface area contributed by atoms with E-state index < -0.39 is 0 Å². The Balaban J connectivity index is 1.62. The molecule has 4 rings (SSSR count). The topological polar surface area (TPSA) is 60.5 Å². The van der Waals surface area contributed by atoms with Crippen molar-refractivity contribution in [3.8, 4) is 5.75 Å². The fraction of sp³-hybridized carbons (Fsp3) is 0.409. The van der Waals surface area contributed by atoms with Crippen molar-refractivity contribution in [2.45, 2.75) is 25.9 Å². The van der Waals surface area contributed by atoms with Crippen molar-refractivity contribution in [2.75, 3.05) is 38.2 Å². The summed E-state index contributed by atoms with van der Waals surface area (Å²) in [4.78, 5) is 3.49. The second-order valence-electron chi connectivity index (χ2n) is 7.88. The standard InChI is InChI=1S/C22H27FN6O/c1-16(2)29-22(24-25-26-29)21(17-8-10-18(30-3)11-9-17)28-14-12-27(13-15-28)20-7-5-4-6-19(20)23/h4-11,16,21H,12-15H2,1-3H3/p+1/t21-/m0/s1. The van der Waals surface area contributed by atoms with Gasteiger partial charge in [-0.2, -0.15) is 0 Å². The highest BCUT2D eigenvalue weighted by atomic mass is 19.1. The zero-order valence-corrected chi connectivity index (χ0v) is 17.6. The molecule has 1 atom stereocenters. The van der Waals surface area contributed by atoms with E-state index in [1.54, 1.807) is 13.2 Å². The fourth-order valence-corrected chi connectivity index (χ4v) is 4.15. The van der Waals surface area contributed by atoms with E-state index in [9.17, 15) is 4.39 Å². The van der Waals surface area contributed by atoms with Crippen LogP contribution in [0.2, 0.25) is 0 Å². The quantitative estimate of drug-likeness (QED) is 0.671.